The van der Waals surface area contributed by atoms with E-state index in [4.69, 9.17) is 26.1 Å². The van der Waals surface area contributed by atoms with Gasteiger partial charge in [-0.3, -0.25) is 4.90 Å². The van der Waals surface area contributed by atoms with Crippen molar-refractivity contribution in [2.75, 3.05) is 44.2 Å². The minimum atomic E-state index is -4.54. The second kappa shape index (κ2) is 13.6. The summed E-state index contributed by atoms with van der Waals surface area (Å²) in [7, 11) is 0. The molecule has 2 heterocycles. The lowest BCUT2D eigenvalue weighted by atomic mass is 9.86. The van der Waals surface area contributed by atoms with E-state index < -0.39 is 24.4 Å². The van der Waals surface area contributed by atoms with Gasteiger partial charge in [0.05, 0.1) is 0 Å². The minimum absolute atomic E-state index is 0.448. The van der Waals surface area contributed by atoms with Crippen LogP contribution in [0.2, 0.25) is 5.02 Å². The fourth-order valence-electron chi connectivity index (χ4n) is 6.28. The summed E-state index contributed by atoms with van der Waals surface area (Å²) in [5.74, 6) is 1.97. The van der Waals surface area contributed by atoms with Crippen molar-refractivity contribution in [3.05, 3.63) is 107 Å². The zero-order chi connectivity index (χ0) is 32.1. The summed E-state index contributed by atoms with van der Waals surface area (Å²) in [5, 5.41) is 2.49. The molecule has 0 saturated carbocycles. The van der Waals surface area contributed by atoms with Gasteiger partial charge in [-0.1, -0.05) is 72.3 Å². The number of nitrogens with zero attached hydrogens (tertiary/aromatic N) is 3. The SMILES string of the molecule is O=C(NCC(F)(F)F)OC1(CCCCN2CCN(c3cccc(Oc4cccc(Cl)c4)n3)CC2)c2ccccc2-c2ccccc21. The molecule has 1 N–H and O–H groups in total. The number of hydrogen-bond donors (Lipinski definition) is 1. The van der Waals surface area contributed by atoms with E-state index in [1.54, 1.807) is 12.1 Å². The maximum atomic E-state index is 12.9. The number of pyridine rings is 1. The Labute approximate surface area is 270 Å². The number of nitrogens with one attached hydrogen (secondary N) is 1. The molecule has 1 amide bonds. The van der Waals surface area contributed by atoms with Crippen molar-refractivity contribution in [3.63, 3.8) is 0 Å². The van der Waals surface area contributed by atoms with Gasteiger partial charge in [0.1, 0.15) is 18.1 Å². The van der Waals surface area contributed by atoms with E-state index in [9.17, 15) is 18.0 Å². The van der Waals surface area contributed by atoms with Gasteiger partial charge in [0, 0.05) is 48.4 Å². The van der Waals surface area contributed by atoms with Gasteiger partial charge in [-0.05, 0) is 61.2 Å². The Balaban J connectivity index is 1.07. The number of rotatable bonds is 10. The molecule has 1 aromatic heterocycles. The molecule has 6 rings (SSSR count). The third-order valence-electron chi connectivity index (χ3n) is 8.39. The molecule has 0 bridgehead atoms. The molecular weight excluding hydrogens is 617 g/mol. The predicted octanol–water partition coefficient (Wildman–Crippen LogP) is 8.03. The average Bonchev–Trinajstić information content (AvgIpc) is 3.32. The molecule has 1 saturated heterocycles. The zero-order valence-corrected chi connectivity index (χ0v) is 25.9. The zero-order valence-electron chi connectivity index (χ0n) is 25.1. The minimum Gasteiger partial charge on any atom is -0.439 e. The van der Waals surface area contributed by atoms with E-state index >= 15 is 0 Å². The van der Waals surface area contributed by atoms with E-state index in [-0.39, 0.29) is 0 Å². The molecule has 4 aromatic rings. The van der Waals surface area contributed by atoms with Crippen LogP contribution in [-0.2, 0) is 10.3 Å². The monoisotopic (exact) mass is 650 g/mol. The Morgan fingerprint density at radius 2 is 1.54 bits per heavy atom. The molecule has 0 radical (unpaired) electrons. The standard InChI is InChI=1S/C35H34ClF3N4O3/c36-25-9-7-10-26(23-25)45-32-16-8-15-31(41-32)43-21-19-42(20-22-43)18-6-5-17-34(46-33(44)40-24-35(37,38)39)29-13-3-1-11-27(29)28-12-2-4-14-30(28)34/h1-4,7-16,23H,5-6,17-22,24H2,(H,40,44). The molecule has 0 atom stereocenters. The van der Waals surface area contributed by atoms with Crippen LogP contribution >= 0.6 is 11.6 Å². The maximum Gasteiger partial charge on any atom is 0.408 e. The normalized spacial score (nSPS) is 15.6. The number of unbranched alkanes of at least 4 members (excludes halogenated alkanes) is 1. The van der Waals surface area contributed by atoms with Gasteiger partial charge in [-0.15, -0.1) is 0 Å². The van der Waals surface area contributed by atoms with Crippen LogP contribution in [0.1, 0.15) is 30.4 Å². The van der Waals surface area contributed by atoms with Crippen LogP contribution in [0.4, 0.5) is 23.8 Å². The van der Waals surface area contributed by atoms with Crippen LogP contribution in [0, 0.1) is 0 Å². The fraction of sp³-hybridized carbons (Fsp3) is 0.314. The van der Waals surface area contributed by atoms with Crippen molar-refractivity contribution >= 4 is 23.5 Å². The van der Waals surface area contributed by atoms with Gasteiger partial charge in [-0.25, -0.2) is 4.79 Å². The number of carbonyl (C=O) groups excluding carboxylic acids is 1. The number of amides is 1. The van der Waals surface area contributed by atoms with Crippen LogP contribution in [0.3, 0.4) is 0 Å². The number of halogens is 4. The van der Waals surface area contributed by atoms with Crippen LogP contribution in [0.15, 0.2) is 91.0 Å². The molecular formula is C35H34ClF3N4O3. The summed E-state index contributed by atoms with van der Waals surface area (Å²) in [6.07, 6.45) is -3.63. The highest BCUT2D eigenvalue weighted by Gasteiger charge is 2.46. The molecule has 11 heteroatoms. The van der Waals surface area contributed by atoms with Crippen molar-refractivity contribution in [3.8, 4) is 22.8 Å². The first-order chi connectivity index (χ1) is 22.2. The summed E-state index contributed by atoms with van der Waals surface area (Å²) in [5.41, 5.74) is 2.26. The number of ether oxygens (including phenoxy) is 2. The second-order valence-corrected chi connectivity index (χ2v) is 11.9. The highest BCUT2D eigenvalue weighted by atomic mass is 35.5. The van der Waals surface area contributed by atoms with Crippen molar-refractivity contribution in [2.45, 2.75) is 31.0 Å². The highest BCUT2D eigenvalue weighted by Crippen LogP contribution is 2.52. The van der Waals surface area contributed by atoms with E-state index in [2.05, 4.69) is 9.80 Å². The fourth-order valence-corrected chi connectivity index (χ4v) is 6.46. The smallest absolute Gasteiger partial charge is 0.408 e. The average molecular weight is 651 g/mol. The van der Waals surface area contributed by atoms with Crippen LogP contribution in [0.25, 0.3) is 11.1 Å². The second-order valence-electron chi connectivity index (χ2n) is 11.5. The Morgan fingerprint density at radius 3 is 2.22 bits per heavy atom. The number of piperazine rings is 1. The van der Waals surface area contributed by atoms with Crippen LogP contribution in [0.5, 0.6) is 11.6 Å². The van der Waals surface area contributed by atoms with E-state index in [0.29, 0.717) is 29.5 Å². The number of hydrogen-bond acceptors (Lipinski definition) is 6. The number of benzene rings is 3. The van der Waals surface area contributed by atoms with Gasteiger partial charge in [0.15, 0.2) is 5.60 Å². The first-order valence-electron chi connectivity index (χ1n) is 15.3. The van der Waals surface area contributed by atoms with Crippen molar-refractivity contribution in [1.29, 1.82) is 0 Å². The van der Waals surface area contributed by atoms with Gasteiger partial charge >= 0.3 is 12.3 Å². The summed E-state index contributed by atoms with van der Waals surface area (Å²) in [6.45, 7) is 2.72. The van der Waals surface area contributed by atoms with Crippen LogP contribution in [-0.4, -0.2) is 61.4 Å². The first kappa shape index (κ1) is 31.7. The highest BCUT2D eigenvalue weighted by molar-refractivity contribution is 6.30. The lowest BCUT2D eigenvalue weighted by molar-refractivity contribution is -0.124. The molecule has 0 spiro atoms. The quantitative estimate of drug-likeness (QED) is 0.175. The number of carbonyl (C=O) groups is 1. The van der Waals surface area contributed by atoms with Gasteiger partial charge in [0.25, 0.3) is 0 Å². The first-order valence-corrected chi connectivity index (χ1v) is 15.7. The summed E-state index contributed by atoms with van der Waals surface area (Å²) in [6, 6.07) is 28.2. The Bertz CT molecular complexity index is 1630. The van der Waals surface area contributed by atoms with Crippen molar-refractivity contribution < 1.29 is 27.4 Å². The molecule has 3 aromatic carbocycles. The van der Waals surface area contributed by atoms with E-state index in [1.165, 1.54) is 0 Å². The number of alkyl halides is 3. The lowest BCUT2D eigenvalue weighted by Crippen LogP contribution is -2.47. The van der Waals surface area contributed by atoms with E-state index in [0.717, 1.165) is 67.2 Å². The number of aromatic nitrogens is 1. The largest absolute Gasteiger partial charge is 0.439 e. The Morgan fingerprint density at radius 1 is 0.870 bits per heavy atom. The molecule has 0 unspecified atom stereocenters. The van der Waals surface area contributed by atoms with Gasteiger partial charge in [-0.2, -0.15) is 18.2 Å². The molecule has 1 fully saturated rings. The lowest BCUT2D eigenvalue weighted by Gasteiger charge is -2.36. The third kappa shape index (κ3) is 7.24. The number of anilines is 1. The number of fused-ring (bicyclic) bond motifs is 3. The van der Waals surface area contributed by atoms with Crippen molar-refractivity contribution in [2.24, 2.45) is 0 Å². The topological polar surface area (TPSA) is 66.9 Å². The Kier molecular flexibility index (Phi) is 9.37. The molecule has 240 valence electrons. The van der Waals surface area contributed by atoms with E-state index in [1.807, 2.05) is 84.2 Å². The Hall–Kier alpha value is -4.28. The predicted molar refractivity (Wildman–Crippen MR) is 171 cm³/mol. The summed E-state index contributed by atoms with van der Waals surface area (Å²) < 4.78 is 50.5. The maximum absolute atomic E-state index is 12.9. The van der Waals surface area contributed by atoms with Crippen molar-refractivity contribution in [1.82, 2.24) is 15.2 Å². The molecule has 2 aliphatic rings. The molecule has 46 heavy (non-hydrogen) atoms. The molecule has 1 aliphatic carbocycles. The van der Waals surface area contributed by atoms with Gasteiger partial charge in [0.2, 0.25) is 5.88 Å². The molecule has 7 nitrogen and oxygen atoms in total. The third-order valence-corrected chi connectivity index (χ3v) is 8.63. The summed E-state index contributed by atoms with van der Waals surface area (Å²) in [4.78, 5) is 22.1. The van der Waals surface area contributed by atoms with Crippen LogP contribution < -0.4 is 15.0 Å². The number of alkyl carbamates (subject to hydrolysis) is 1. The van der Waals surface area contributed by atoms with Gasteiger partial charge < -0.3 is 19.7 Å². The summed E-state index contributed by atoms with van der Waals surface area (Å²) >= 11 is 6.08. The molecule has 1 aliphatic heterocycles.